The third-order valence-corrected chi connectivity index (χ3v) is 3.77. The van der Waals surface area contributed by atoms with Crippen LogP contribution in [0.2, 0.25) is 0 Å². The normalized spacial score (nSPS) is 21.5. The van der Waals surface area contributed by atoms with Crippen molar-refractivity contribution in [2.24, 2.45) is 0 Å². The van der Waals surface area contributed by atoms with Crippen molar-refractivity contribution in [2.45, 2.75) is 38.3 Å². The molecule has 1 heterocycles. The second-order valence-corrected chi connectivity index (χ2v) is 5.01. The van der Waals surface area contributed by atoms with E-state index in [9.17, 15) is 14.3 Å². The number of carbonyl (C=O) groups is 1. The maximum atomic E-state index is 13.3. The number of aliphatic carboxylic acids is 1. The number of benzene rings is 1. The van der Waals surface area contributed by atoms with Crippen LogP contribution >= 0.6 is 0 Å². The monoisotopic (exact) mass is 267 g/mol. The van der Waals surface area contributed by atoms with Gasteiger partial charge in [-0.25, -0.2) is 4.39 Å². The molecule has 0 aromatic heterocycles. The van der Waals surface area contributed by atoms with E-state index >= 15 is 0 Å². The van der Waals surface area contributed by atoms with Gasteiger partial charge in [-0.15, -0.1) is 0 Å². The van der Waals surface area contributed by atoms with Crippen LogP contribution in [0.5, 0.6) is 5.75 Å². The lowest BCUT2D eigenvalue weighted by atomic mass is 10.0. The van der Waals surface area contributed by atoms with Crippen LogP contribution in [0.3, 0.4) is 0 Å². The van der Waals surface area contributed by atoms with Crippen molar-refractivity contribution in [2.75, 3.05) is 6.54 Å². The quantitative estimate of drug-likeness (QED) is 0.880. The largest absolute Gasteiger partial charge is 0.508 e. The molecule has 104 valence electrons. The first kappa shape index (κ1) is 13.8. The predicted octanol–water partition coefficient (Wildman–Crippen LogP) is 2.53. The number of carboxylic acid groups (broad SMARTS) is 1. The summed E-state index contributed by atoms with van der Waals surface area (Å²) in [5.41, 5.74) is 0.511. The highest BCUT2D eigenvalue weighted by atomic mass is 19.1. The van der Waals surface area contributed by atoms with E-state index in [4.69, 9.17) is 5.11 Å². The zero-order valence-electron chi connectivity index (χ0n) is 10.8. The van der Waals surface area contributed by atoms with Crippen LogP contribution in [0.4, 0.5) is 4.39 Å². The van der Waals surface area contributed by atoms with Gasteiger partial charge in [-0.3, -0.25) is 9.69 Å². The number of carboxylic acids is 1. The lowest BCUT2D eigenvalue weighted by Crippen LogP contribution is -2.33. The lowest BCUT2D eigenvalue weighted by Gasteiger charge is -2.30. The third-order valence-electron chi connectivity index (χ3n) is 3.77. The van der Waals surface area contributed by atoms with E-state index in [1.54, 1.807) is 0 Å². The number of phenols is 1. The van der Waals surface area contributed by atoms with Crippen LogP contribution < -0.4 is 0 Å². The fourth-order valence-electron chi connectivity index (χ4n) is 2.83. The van der Waals surface area contributed by atoms with Crippen molar-refractivity contribution in [1.29, 1.82) is 0 Å². The van der Waals surface area contributed by atoms with Gasteiger partial charge < -0.3 is 10.2 Å². The zero-order chi connectivity index (χ0) is 14.0. The Morgan fingerprint density at radius 3 is 3.00 bits per heavy atom. The molecular weight excluding hydrogens is 249 g/mol. The summed E-state index contributed by atoms with van der Waals surface area (Å²) >= 11 is 0. The van der Waals surface area contributed by atoms with E-state index in [0.717, 1.165) is 19.4 Å². The number of nitrogens with zero attached hydrogens (tertiary/aromatic N) is 1. The molecule has 1 fully saturated rings. The molecule has 2 unspecified atom stereocenters. The van der Waals surface area contributed by atoms with E-state index in [-0.39, 0.29) is 24.3 Å². The Morgan fingerprint density at radius 2 is 2.32 bits per heavy atom. The topological polar surface area (TPSA) is 60.8 Å². The molecule has 2 N–H and O–H groups in total. The highest BCUT2D eigenvalue weighted by molar-refractivity contribution is 5.67. The molecule has 0 bridgehead atoms. The first-order valence-corrected chi connectivity index (χ1v) is 6.45. The first-order chi connectivity index (χ1) is 8.99. The second-order valence-electron chi connectivity index (χ2n) is 5.01. The molecular formula is C14H18FNO3. The number of rotatable bonds is 4. The van der Waals surface area contributed by atoms with Crippen LogP contribution in [0, 0.1) is 5.82 Å². The van der Waals surface area contributed by atoms with Crippen molar-refractivity contribution >= 4 is 5.97 Å². The van der Waals surface area contributed by atoms with Crippen molar-refractivity contribution in [3.8, 4) is 5.75 Å². The Labute approximate surface area is 111 Å². The molecule has 2 atom stereocenters. The predicted molar refractivity (Wildman–Crippen MR) is 68.5 cm³/mol. The van der Waals surface area contributed by atoms with E-state index in [1.807, 2.05) is 11.8 Å². The van der Waals surface area contributed by atoms with Gasteiger partial charge >= 0.3 is 5.97 Å². The number of phenolic OH excluding ortho intramolecular Hbond substituents is 1. The highest BCUT2D eigenvalue weighted by Crippen LogP contribution is 2.34. The molecule has 4 nitrogen and oxygen atoms in total. The molecule has 1 aromatic rings. The molecule has 0 saturated carbocycles. The molecule has 0 radical (unpaired) electrons. The van der Waals surface area contributed by atoms with Crippen molar-refractivity contribution < 1.29 is 19.4 Å². The first-order valence-electron chi connectivity index (χ1n) is 6.45. The van der Waals surface area contributed by atoms with E-state index < -0.39 is 11.8 Å². The van der Waals surface area contributed by atoms with Gasteiger partial charge in [0.25, 0.3) is 0 Å². The SMILES string of the molecule is CC(c1cc(F)ccc1O)N1CCCC1CC(=O)O. The minimum absolute atomic E-state index is 0.0461. The number of hydrogen-bond donors (Lipinski definition) is 2. The Balaban J connectivity index is 2.20. The van der Waals surface area contributed by atoms with Crippen LogP contribution in [-0.2, 0) is 4.79 Å². The Hall–Kier alpha value is -1.62. The fraction of sp³-hybridized carbons (Fsp3) is 0.500. The second kappa shape index (κ2) is 5.57. The fourth-order valence-corrected chi connectivity index (χ4v) is 2.83. The van der Waals surface area contributed by atoms with Crippen LogP contribution in [0.1, 0.15) is 37.8 Å². The zero-order valence-corrected chi connectivity index (χ0v) is 10.8. The van der Waals surface area contributed by atoms with Gasteiger partial charge in [-0.05, 0) is 44.5 Å². The van der Waals surface area contributed by atoms with E-state index in [0.29, 0.717) is 5.56 Å². The average Bonchev–Trinajstić information content (AvgIpc) is 2.78. The number of halogens is 1. The van der Waals surface area contributed by atoms with Crippen LogP contribution in [-0.4, -0.2) is 33.7 Å². The smallest absolute Gasteiger partial charge is 0.304 e. The summed E-state index contributed by atoms with van der Waals surface area (Å²) in [6.07, 6.45) is 1.84. The summed E-state index contributed by atoms with van der Waals surface area (Å²) in [5.74, 6) is -1.17. The van der Waals surface area contributed by atoms with Gasteiger partial charge in [0.1, 0.15) is 11.6 Å². The van der Waals surface area contributed by atoms with Gasteiger partial charge in [0, 0.05) is 17.6 Å². The molecule has 0 spiro atoms. The summed E-state index contributed by atoms with van der Waals surface area (Å²) in [6, 6.07) is 3.63. The maximum absolute atomic E-state index is 13.3. The van der Waals surface area contributed by atoms with Gasteiger partial charge in [0.05, 0.1) is 6.42 Å². The molecule has 0 aliphatic carbocycles. The Morgan fingerprint density at radius 1 is 1.58 bits per heavy atom. The van der Waals surface area contributed by atoms with Crippen LogP contribution in [0.15, 0.2) is 18.2 Å². The number of hydrogen-bond acceptors (Lipinski definition) is 3. The maximum Gasteiger partial charge on any atom is 0.304 e. The molecule has 2 rings (SSSR count). The van der Waals surface area contributed by atoms with Crippen molar-refractivity contribution in [3.63, 3.8) is 0 Å². The van der Waals surface area contributed by atoms with Gasteiger partial charge in [-0.1, -0.05) is 0 Å². The molecule has 0 amide bonds. The van der Waals surface area contributed by atoms with E-state index in [2.05, 4.69) is 0 Å². The summed E-state index contributed by atoms with van der Waals surface area (Å²) in [6.45, 7) is 2.64. The van der Waals surface area contributed by atoms with Crippen LogP contribution in [0.25, 0.3) is 0 Å². The van der Waals surface area contributed by atoms with Crippen molar-refractivity contribution in [3.05, 3.63) is 29.6 Å². The summed E-state index contributed by atoms with van der Waals surface area (Å²) in [5, 5.41) is 18.7. The summed E-state index contributed by atoms with van der Waals surface area (Å²) in [7, 11) is 0. The Kier molecular flexibility index (Phi) is 4.04. The van der Waals surface area contributed by atoms with Gasteiger partial charge in [0.15, 0.2) is 0 Å². The lowest BCUT2D eigenvalue weighted by molar-refractivity contribution is -0.138. The molecule has 1 aromatic carbocycles. The molecule has 5 heteroatoms. The number of likely N-dealkylation sites (tertiary alicyclic amines) is 1. The van der Waals surface area contributed by atoms with Gasteiger partial charge in [0.2, 0.25) is 0 Å². The van der Waals surface area contributed by atoms with Crippen molar-refractivity contribution in [1.82, 2.24) is 4.90 Å². The molecule has 1 saturated heterocycles. The third kappa shape index (κ3) is 3.04. The molecule has 19 heavy (non-hydrogen) atoms. The molecule has 1 aliphatic rings. The minimum Gasteiger partial charge on any atom is -0.508 e. The Bertz CT molecular complexity index is 478. The molecule has 1 aliphatic heterocycles. The summed E-state index contributed by atoms with van der Waals surface area (Å²) < 4.78 is 13.3. The highest BCUT2D eigenvalue weighted by Gasteiger charge is 2.31. The number of aromatic hydroxyl groups is 1. The standard InChI is InChI=1S/C14H18FNO3/c1-9(12-7-10(15)4-5-13(12)17)16-6-2-3-11(16)8-14(18)19/h4-5,7,9,11,17H,2-3,6,8H2,1H3,(H,18,19). The average molecular weight is 267 g/mol. The van der Waals surface area contributed by atoms with E-state index in [1.165, 1.54) is 18.2 Å². The minimum atomic E-state index is -0.826. The van der Waals surface area contributed by atoms with Gasteiger partial charge in [-0.2, -0.15) is 0 Å². The summed E-state index contributed by atoms with van der Waals surface area (Å²) in [4.78, 5) is 12.9.